The fourth-order valence-electron chi connectivity index (χ4n) is 4.54. The van der Waals surface area contributed by atoms with Gasteiger partial charge in [-0.15, -0.1) is 0 Å². The van der Waals surface area contributed by atoms with Gasteiger partial charge in [-0.05, 0) is 41.8 Å². The van der Waals surface area contributed by atoms with E-state index in [9.17, 15) is 9.59 Å². The van der Waals surface area contributed by atoms with Gasteiger partial charge >= 0.3 is 5.97 Å². The zero-order valence-electron chi connectivity index (χ0n) is 22.4. The Labute approximate surface area is 235 Å². The van der Waals surface area contributed by atoms with E-state index in [4.69, 9.17) is 14.2 Å². The minimum absolute atomic E-state index is 0.247. The molecule has 0 fully saturated rings. The quantitative estimate of drug-likeness (QED) is 0.297. The Kier molecular flexibility index (Phi) is 8.07. The van der Waals surface area contributed by atoms with Crippen LogP contribution in [0.25, 0.3) is 12.2 Å². The second-order valence-electron chi connectivity index (χ2n) is 9.05. The van der Waals surface area contributed by atoms with Gasteiger partial charge in [0.15, 0.2) is 16.3 Å². The number of rotatable bonds is 8. The maximum absolute atomic E-state index is 13.7. The average molecular weight is 553 g/mol. The number of esters is 1. The summed E-state index contributed by atoms with van der Waals surface area (Å²) in [6.07, 6.45) is 5.54. The van der Waals surface area contributed by atoms with Crippen molar-refractivity contribution in [3.8, 4) is 11.5 Å². The van der Waals surface area contributed by atoms with Gasteiger partial charge in [0.05, 0.1) is 36.1 Å². The van der Waals surface area contributed by atoms with E-state index in [-0.39, 0.29) is 5.56 Å². The maximum atomic E-state index is 13.7. The van der Waals surface area contributed by atoms with E-state index in [0.29, 0.717) is 44.3 Å². The number of allylic oxidation sites excluding steroid dienone is 2. The van der Waals surface area contributed by atoms with Crippen LogP contribution < -0.4 is 24.4 Å². The van der Waals surface area contributed by atoms with Crippen molar-refractivity contribution in [1.29, 1.82) is 0 Å². The van der Waals surface area contributed by atoms with Crippen LogP contribution in [0.4, 0.5) is 0 Å². The molecule has 1 aliphatic rings. The molecule has 1 aliphatic heterocycles. The van der Waals surface area contributed by atoms with Gasteiger partial charge in [-0.3, -0.25) is 9.36 Å². The van der Waals surface area contributed by atoms with Crippen LogP contribution in [0.3, 0.4) is 0 Å². The molecule has 3 aromatic carbocycles. The number of nitrogens with zero attached hydrogens (tertiary/aromatic N) is 2. The van der Waals surface area contributed by atoms with E-state index in [1.807, 2.05) is 78.9 Å². The molecule has 0 radical (unpaired) electrons. The van der Waals surface area contributed by atoms with Gasteiger partial charge in [0.2, 0.25) is 0 Å². The van der Waals surface area contributed by atoms with E-state index in [2.05, 4.69) is 4.99 Å². The number of hydrogen-bond donors (Lipinski definition) is 0. The van der Waals surface area contributed by atoms with Crippen LogP contribution in [0.1, 0.15) is 29.7 Å². The second-order valence-corrected chi connectivity index (χ2v) is 10.1. The molecule has 202 valence electrons. The zero-order valence-corrected chi connectivity index (χ0v) is 23.2. The van der Waals surface area contributed by atoms with E-state index < -0.39 is 12.0 Å². The first kappa shape index (κ1) is 26.9. The molecular weight excluding hydrogens is 524 g/mol. The number of thiazole rings is 1. The predicted octanol–water partition coefficient (Wildman–Crippen LogP) is 4.66. The first-order chi connectivity index (χ1) is 19.5. The van der Waals surface area contributed by atoms with Crippen molar-refractivity contribution in [3.63, 3.8) is 0 Å². The summed E-state index contributed by atoms with van der Waals surface area (Å²) in [5.74, 6) is 0.488. The summed E-state index contributed by atoms with van der Waals surface area (Å²) in [7, 11) is 2.88. The van der Waals surface area contributed by atoms with Gasteiger partial charge in [-0.2, -0.15) is 0 Å². The third kappa shape index (κ3) is 5.53. The van der Waals surface area contributed by atoms with Gasteiger partial charge in [0.25, 0.3) is 5.56 Å². The van der Waals surface area contributed by atoms with Crippen molar-refractivity contribution in [1.82, 2.24) is 4.57 Å². The number of aromatic nitrogens is 1. The number of methoxy groups -OCH3 is 2. The summed E-state index contributed by atoms with van der Waals surface area (Å²) in [6.45, 7) is 2.12. The molecule has 0 spiro atoms. The predicted molar refractivity (Wildman–Crippen MR) is 156 cm³/mol. The smallest absolute Gasteiger partial charge is 0.338 e. The largest absolute Gasteiger partial charge is 0.493 e. The van der Waals surface area contributed by atoms with E-state index in [0.717, 1.165) is 11.1 Å². The molecule has 0 amide bonds. The van der Waals surface area contributed by atoms with Crippen molar-refractivity contribution in [3.05, 3.63) is 133 Å². The molecule has 1 unspecified atom stereocenters. The van der Waals surface area contributed by atoms with Gasteiger partial charge in [-0.25, -0.2) is 9.79 Å². The summed E-state index contributed by atoms with van der Waals surface area (Å²) < 4.78 is 18.8. The molecular formula is C32H28N2O5S. The Morgan fingerprint density at radius 2 is 1.73 bits per heavy atom. The van der Waals surface area contributed by atoms with Crippen LogP contribution in [0, 0.1) is 0 Å². The van der Waals surface area contributed by atoms with Crippen LogP contribution in [-0.2, 0) is 16.1 Å². The van der Waals surface area contributed by atoms with Crippen molar-refractivity contribution in [2.45, 2.75) is 19.6 Å². The van der Waals surface area contributed by atoms with Gasteiger partial charge in [0, 0.05) is 0 Å². The summed E-state index contributed by atoms with van der Waals surface area (Å²) in [5.41, 5.74) is 3.26. The molecule has 8 heteroatoms. The standard InChI is InChI=1S/C32H28N2O5S/c1-21-28(31(36)38-3)29(24-17-18-25(26(19-24)37-2)39-20-23-13-8-5-9-14-23)34-30(35)27(40-32(34)33-21)16-10-15-22-11-6-4-7-12-22/h4-19,29H,20H2,1-3H3. The Bertz CT molecular complexity index is 1770. The highest BCUT2D eigenvalue weighted by Crippen LogP contribution is 2.36. The molecule has 0 saturated heterocycles. The zero-order chi connectivity index (χ0) is 28.1. The Morgan fingerprint density at radius 1 is 1.00 bits per heavy atom. The molecule has 40 heavy (non-hydrogen) atoms. The van der Waals surface area contributed by atoms with E-state index >= 15 is 0 Å². The van der Waals surface area contributed by atoms with Crippen molar-refractivity contribution in [2.24, 2.45) is 4.99 Å². The lowest BCUT2D eigenvalue weighted by Crippen LogP contribution is -2.39. The maximum Gasteiger partial charge on any atom is 0.338 e. The number of benzene rings is 3. The summed E-state index contributed by atoms with van der Waals surface area (Å²) >= 11 is 1.27. The molecule has 4 aromatic rings. The second kappa shape index (κ2) is 12.0. The molecule has 2 heterocycles. The highest BCUT2D eigenvalue weighted by molar-refractivity contribution is 7.07. The summed E-state index contributed by atoms with van der Waals surface area (Å²) in [5, 5.41) is 0. The SMILES string of the molecule is COC(=O)C1=C(C)N=c2sc(=CC=Cc3ccccc3)c(=O)n2C1c1ccc(OCc2ccccc2)c(OC)c1. The molecule has 5 rings (SSSR count). The third-order valence-corrected chi connectivity index (χ3v) is 7.50. The molecule has 0 bridgehead atoms. The lowest BCUT2D eigenvalue weighted by atomic mass is 9.95. The number of hydrogen-bond acceptors (Lipinski definition) is 7. The normalized spacial score (nSPS) is 15.1. The first-order valence-electron chi connectivity index (χ1n) is 12.7. The first-order valence-corrected chi connectivity index (χ1v) is 13.5. The minimum Gasteiger partial charge on any atom is -0.493 e. The van der Waals surface area contributed by atoms with Crippen LogP contribution in [-0.4, -0.2) is 24.8 Å². The number of carbonyl (C=O) groups is 1. The highest BCUT2D eigenvalue weighted by Gasteiger charge is 2.33. The van der Waals surface area contributed by atoms with Gasteiger partial charge in [-0.1, -0.05) is 90.2 Å². The Morgan fingerprint density at radius 3 is 2.42 bits per heavy atom. The topological polar surface area (TPSA) is 79.1 Å². The molecule has 0 N–H and O–H groups in total. The fraction of sp³-hybridized carbons (Fsp3) is 0.156. The molecule has 1 aromatic heterocycles. The van der Waals surface area contributed by atoms with Gasteiger partial charge < -0.3 is 14.2 Å². The molecule has 0 aliphatic carbocycles. The Hall–Kier alpha value is -4.69. The summed E-state index contributed by atoms with van der Waals surface area (Å²) in [6, 6.07) is 24.3. The fourth-order valence-corrected chi connectivity index (χ4v) is 5.54. The highest BCUT2D eigenvalue weighted by atomic mass is 32.1. The number of fused-ring (bicyclic) bond motifs is 1. The Balaban J connectivity index is 1.57. The number of ether oxygens (including phenoxy) is 3. The lowest BCUT2D eigenvalue weighted by molar-refractivity contribution is -0.136. The van der Waals surface area contributed by atoms with Crippen molar-refractivity contribution < 1.29 is 19.0 Å². The van der Waals surface area contributed by atoms with Crippen LogP contribution >= 0.6 is 11.3 Å². The van der Waals surface area contributed by atoms with Gasteiger partial charge in [0.1, 0.15) is 6.61 Å². The number of carbonyl (C=O) groups excluding carboxylic acids is 1. The van der Waals surface area contributed by atoms with Crippen LogP contribution in [0.15, 0.2) is 106 Å². The lowest BCUT2D eigenvalue weighted by Gasteiger charge is -2.25. The summed E-state index contributed by atoms with van der Waals surface area (Å²) in [4.78, 5) is 31.8. The van der Waals surface area contributed by atoms with E-state index in [1.54, 1.807) is 36.8 Å². The van der Waals surface area contributed by atoms with Crippen LogP contribution in [0.2, 0.25) is 0 Å². The average Bonchev–Trinajstić information content (AvgIpc) is 3.30. The van der Waals surface area contributed by atoms with Crippen LogP contribution in [0.5, 0.6) is 11.5 Å². The van der Waals surface area contributed by atoms with Crippen molar-refractivity contribution >= 4 is 29.5 Å². The van der Waals surface area contributed by atoms with E-state index in [1.165, 1.54) is 18.4 Å². The van der Waals surface area contributed by atoms with Crippen molar-refractivity contribution in [2.75, 3.05) is 14.2 Å². The monoisotopic (exact) mass is 552 g/mol. The molecule has 1 atom stereocenters. The molecule has 0 saturated carbocycles. The third-order valence-electron chi connectivity index (χ3n) is 6.50. The molecule has 7 nitrogen and oxygen atoms in total. The minimum atomic E-state index is -0.749.